The average Bonchev–Trinajstić information content (AvgIpc) is 2.80. The Balaban J connectivity index is 1.71. The van der Waals surface area contributed by atoms with E-state index in [4.69, 9.17) is 9.26 Å². The molecule has 0 radical (unpaired) electrons. The van der Waals surface area contributed by atoms with E-state index in [2.05, 4.69) is 33.9 Å². The van der Waals surface area contributed by atoms with Crippen LogP contribution < -0.4 is 4.90 Å². The number of pyridine rings is 1. The van der Waals surface area contributed by atoms with Crippen molar-refractivity contribution in [3.05, 3.63) is 24.2 Å². The van der Waals surface area contributed by atoms with Crippen molar-refractivity contribution in [2.45, 2.75) is 26.7 Å². The second-order valence-corrected chi connectivity index (χ2v) is 5.97. The number of anilines is 1. The Morgan fingerprint density at radius 2 is 2.14 bits per heavy atom. The summed E-state index contributed by atoms with van der Waals surface area (Å²) in [4.78, 5) is 11.2. The first kappa shape index (κ1) is 15.0. The van der Waals surface area contributed by atoms with E-state index >= 15 is 0 Å². The number of ether oxygens (including phenoxy) is 1. The van der Waals surface area contributed by atoms with Crippen molar-refractivity contribution in [2.24, 2.45) is 5.92 Å². The molecule has 118 valence electrons. The van der Waals surface area contributed by atoms with Gasteiger partial charge in [-0.3, -0.25) is 0 Å². The maximum atomic E-state index is 5.47. The Kier molecular flexibility index (Phi) is 4.68. The van der Waals surface area contributed by atoms with Gasteiger partial charge in [-0.25, -0.2) is 4.98 Å². The first-order chi connectivity index (χ1) is 10.7. The van der Waals surface area contributed by atoms with E-state index in [0.717, 1.165) is 56.4 Å². The Hall–Kier alpha value is -1.95. The van der Waals surface area contributed by atoms with E-state index < -0.39 is 0 Å². The third-order valence-electron chi connectivity index (χ3n) is 3.60. The lowest BCUT2D eigenvalue weighted by atomic mass is 10.1. The minimum Gasteiger partial charge on any atom is -0.380 e. The topological polar surface area (TPSA) is 64.3 Å². The number of hydrogen-bond donors (Lipinski definition) is 0. The standard InChI is InChI=1S/C16H22N4O2/c1-12(2)10-14-18-16(22-19-14)13-4-5-15(17-11-13)20-6-3-8-21-9-7-20/h4-5,11-12H,3,6-10H2,1-2H3. The van der Waals surface area contributed by atoms with Crippen molar-refractivity contribution in [1.29, 1.82) is 0 Å². The quantitative estimate of drug-likeness (QED) is 0.865. The van der Waals surface area contributed by atoms with Gasteiger partial charge in [-0.1, -0.05) is 19.0 Å². The van der Waals surface area contributed by atoms with Gasteiger partial charge in [-0.2, -0.15) is 4.98 Å². The van der Waals surface area contributed by atoms with Gasteiger partial charge in [-0.15, -0.1) is 0 Å². The van der Waals surface area contributed by atoms with Crippen LogP contribution in [0.2, 0.25) is 0 Å². The van der Waals surface area contributed by atoms with Crippen LogP contribution in [0.15, 0.2) is 22.9 Å². The summed E-state index contributed by atoms with van der Waals surface area (Å²) in [7, 11) is 0. The molecule has 1 aliphatic heterocycles. The van der Waals surface area contributed by atoms with E-state index in [9.17, 15) is 0 Å². The van der Waals surface area contributed by atoms with E-state index in [1.54, 1.807) is 6.20 Å². The largest absolute Gasteiger partial charge is 0.380 e. The highest BCUT2D eigenvalue weighted by Gasteiger charge is 2.13. The monoisotopic (exact) mass is 302 g/mol. The number of aromatic nitrogens is 3. The van der Waals surface area contributed by atoms with Crippen LogP contribution in [0.25, 0.3) is 11.5 Å². The van der Waals surface area contributed by atoms with Crippen LogP contribution in [-0.2, 0) is 11.2 Å². The molecule has 0 unspecified atom stereocenters. The van der Waals surface area contributed by atoms with Gasteiger partial charge in [-0.05, 0) is 24.5 Å². The zero-order valence-corrected chi connectivity index (χ0v) is 13.2. The highest BCUT2D eigenvalue weighted by molar-refractivity contribution is 5.54. The lowest BCUT2D eigenvalue weighted by molar-refractivity contribution is 0.152. The number of rotatable bonds is 4. The maximum Gasteiger partial charge on any atom is 0.259 e. The zero-order chi connectivity index (χ0) is 15.4. The number of nitrogens with zero attached hydrogens (tertiary/aromatic N) is 4. The Labute approximate surface area is 130 Å². The van der Waals surface area contributed by atoms with Gasteiger partial charge >= 0.3 is 0 Å². The molecule has 1 fully saturated rings. The molecule has 22 heavy (non-hydrogen) atoms. The summed E-state index contributed by atoms with van der Waals surface area (Å²) in [6.07, 6.45) is 3.65. The predicted octanol–water partition coefficient (Wildman–Crippen LogP) is 2.56. The van der Waals surface area contributed by atoms with Crippen molar-refractivity contribution >= 4 is 5.82 Å². The molecule has 0 saturated carbocycles. The van der Waals surface area contributed by atoms with Gasteiger partial charge in [0.05, 0.1) is 12.2 Å². The molecule has 2 aromatic rings. The molecule has 0 spiro atoms. The normalized spacial score (nSPS) is 16.0. The molecule has 0 atom stereocenters. The predicted molar refractivity (Wildman–Crippen MR) is 83.7 cm³/mol. The summed E-state index contributed by atoms with van der Waals surface area (Å²) in [5.41, 5.74) is 0.859. The molecule has 1 aliphatic rings. The van der Waals surface area contributed by atoms with Gasteiger partial charge in [0.15, 0.2) is 5.82 Å². The Bertz CT molecular complexity index is 586. The molecule has 3 rings (SSSR count). The van der Waals surface area contributed by atoms with E-state index in [1.165, 1.54) is 0 Å². The third-order valence-corrected chi connectivity index (χ3v) is 3.60. The Morgan fingerprint density at radius 1 is 1.23 bits per heavy atom. The fraction of sp³-hybridized carbons (Fsp3) is 0.562. The average molecular weight is 302 g/mol. The van der Waals surface area contributed by atoms with Crippen LogP contribution in [-0.4, -0.2) is 41.4 Å². The molecule has 0 bridgehead atoms. The van der Waals surface area contributed by atoms with Crippen molar-refractivity contribution in [3.63, 3.8) is 0 Å². The molecule has 3 heterocycles. The first-order valence-corrected chi connectivity index (χ1v) is 7.84. The van der Waals surface area contributed by atoms with Gasteiger partial charge in [0.1, 0.15) is 5.82 Å². The van der Waals surface area contributed by atoms with E-state index in [-0.39, 0.29) is 0 Å². The highest BCUT2D eigenvalue weighted by Crippen LogP contribution is 2.20. The highest BCUT2D eigenvalue weighted by atomic mass is 16.5. The van der Waals surface area contributed by atoms with Crippen LogP contribution in [0.4, 0.5) is 5.82 Å². The molecule has 6 heteroatoms. The van der Waals surface area contributed by atoms with Crippen molar-refractivity contribution < 1.29 is 9.26 Å². The minimum atomic E-state index is 0.510. The molecule has 1 saturated heterocycles. The van der Waals surface area contributed by atoms with Gasteiger partial charge < -0.3 is 14.2 Å². The summed E-state index contributed by atoms with van der Waals surface area (Å²) in [6, 6.07) is 3.99. The maximum absolute atomic E-state index is 5.47. The van der Waals surface area contributed by atoms with Crippen LogP contribution in [0.3, 0.4) is 0 Å². The van der Waals surface area contributed by atoms with Crippen molar-refractivity contribution in [2.75, 3.05) is 31.2 Å². The van der Waals surface area contributed by atoms with Crippen molar-refractivity contribution in [3.8, 4) is 11.5 Å². The molecule has 0 N–H and O–H groups in total. The summed E-state index contributed by atoms with van der Waals surface area (Å²) >= 11 is 0. The Morgan fingerprint density at radius 3 is 2.91 bits per heavy atom. The van der Waals surface area contributed by atoms with E-state index in [1.807, 2.05) is 12.1 Å². The van der Waals surface area contributed by atoms with E-state index in [0.29, 0.717) is 11.8 Å². The summed E-state index contributed by atoms with van der Waals surface area (Å²) < 4.78 is 10.8. The zero-order valence-electron chi connectivity index (χ0n) is 13.2. The van der Waals surface area contributed by atoms with Crippen LogP contribution >= 0.6 is 0 Å². The summed E-state index contributed by atoms with van der Waals surface area (Å²) in [5, 5.41) is 4.02. The molecular weight excluding hydrogens is 280 g/mol. The minimum absolute atomic E-state index is 0.510. The van der Waals surface area contributed by atoms with Gasteiger partial charge in [0.2, 0.25) is 0 Å². The second-order valence-electron chi connectivity index (χ2n) is 5.97. The second kappa shape index (κ2) is 6.87. The van der Waals surface area contributed by atoms with Crippen LogP contribution in [0.1, 0.15) is 26.1 Å². The molecule has 2 aromatic heterocycles. The first-order valence-electron chi connectivity index (χ1n) is 7.84. The molecule has 0 amide bonds. The molecule has 6 nitrogen and oxygen atoms in total. The third kappa shape index (κ3) is 3.62. The summed E-state index contributed by atoms with van der Waals surface area (Å²) in [6.45, 7) is 7.71. The number of hydrogen-bond acceptors (Lipinski definition) is 6. The van der Waals surface area contributed by atoms with Crippen LogP contribution in [0, 0.1) is 5.92 Å². The SMILES string of the molecule is CC(C)Cc1noc(-c2ccc(N3CCCOCC3)nc2)n1. The fourth-order valence-electron chi connectivity index (χ4n) is 2.49. The molecule has 0 aliphatic carbocycles. The smallest absolute Gasteiger partial charge is 0.259 e. The lowest BCUT2D eigenvalue weighted by Crippen LogP contribution is -2.26. The van der Waals surface area contributed by atoms with Crippen molar-refractivity contribution in [1.82, 2.24) is 15.1 Å². The molecule has 0 aromatic carbocycles. The lowest BCUT2D eigenvalue weighted by Gasteiger charge is -2.20. The summed E-state index contributed by atoms with van der Waals surface area (Å²) in [5.74, 6) is 2.76. The fourth-order valence-corrected chi connectivity index (χ4v) is 2.49. The van der Waals surface area contributed by atoms with Gasteiger partial charge in [0.25, 0.3) is 5.89 Å². The van der Waals surface area contributed by atoms with Crippen LogP contribution in [0.5, 0.6) is 0 Å². The molecular formula is C16H22N4O2. The van der Waals surface area contributed by atoms with Gasteiger partial charge in [0, 0.05) is 32.3 Å².